The van der Waals surface area contributed by atoms with E-state index in [1.807, 2.05) is 13.0 Å². The van der Waals surface area contributed by atoms with Crippen molar-refractivity contribution in [2.45, 2.75) is 6.92 Å². The zero-order chi connectivity index (χ0) is 19.7. The number of nitrogens with zero attached hydrogens (tertiary/aromatic N) is 5. The van der Waals surface area contributed by atoms with Gasteiger partial charge in [0, 0.05) is 29.3 Å². The first-order valence-electron chi connectivity index (χ1n) is 8.36. The number of nitrogens with one attached hydrogen (secondary N) is 1. The molecule has 0 aliphatic rings. The van der Waals surface area contributed by atoms with Gasteiger partial charge >= 0.3 is 11.2 Å². The number of pyridine rings is 1. The van der Waals surface area contributed by atoms with Gasteiger partial charge in [-0.1, -0.05) is 6.07 Å². The Bertz CT molecular complexity index is 1250. The molecule has 0 aliphatic carbocycles. The fraction of sp³-hybridized carbons (Fsp3) is 0.0526. The van der Waals surface area contributed by atoms with Crippen LogP contribution in [0, 0.1) is 17.0 Å². The van der Waals surface area contributed by atoms with Gasteiger partial charge in [-0.25, -0.2) is 15.0 Å². The lowest BCUT2D eigenvalue weighted by molar-refractivity contribution is -0.385. The summed E-state index contributed by atoms with van der Waals surface area (Å²) in [7, 11) is 0. The number of benzene rings is 1. The van der Waals surface area contributed by atoms with Crippen LogP contribution in [-0.4, -0.2) is 24.3 Å². The molecule has 0 aliphatic heterocycles. The summed E-state index contributed by atoms with van der Waals surface area (Å²) in [4.78, 5) is 36.0. The van der Waals surface area contributed by atoms with E-state index < -0.39 is 16.2 Å². The predicted octanol–water partition coefficient (Wildman–Crippen LogP) is 3.11. The van der Waals surface area contributed by atoms with E-state index in [2.05, 4.69) is 20.3 Å². The first kappa shape index (κ1) is 17.3. The number of hydrogen-bond donors (Lipinski definition) is 1. The summed E-state index contributed by atoms with van der Waals surface area (Å²) in [6.45, 7) is 1.88. The number of anilines is 2. The van der Waals surface area contributed by atoms with Gasteiger partial charge in [-0.3, -0.25) is 19.3 Å². The van der Waals surface area contributed by atoms with Gasteiger partial charge in [0.2, 0.25) is 5.82 Å². The Kier molecular flexibility index (Phi) is 4.24. The summed E-state index contributed by atoms with van der Waals surface area (Å²) in [5.41, 5.74) is 1.15. The van der Waals surface area contributed by atoms with E-state index >= 15 is 0 Å². The number of aromatic nitrogens is 4. The second kappa shape index (κ2) is 6.88. The molecule has 4 aromatic rings. The van der Waals surface area contributed by atoms with Gasteiger partial charge in [0.05, 0.1) is 4.92 Å². The fourth-order valence-corrected chi connectivity index (χ4v) is 2.76. The summed E-state index contributed by atoms with van der Waals surface area (Å²) >= 11 is 0. The minimum absolute atomic E-state index is 0.110. The van der Waals surface area contributed by atoms with Gasteiger partial charge in [0.25, 0.3) is 0 Å². The van der Waals surface area contributed by atoms with Crippen LogP contribution in [0.1, 0.15) is 5.69 Å². The molecule has 9 heteroatoms. The zero-order valence-electron chi connectivity index (χ0n) is 14.7. The van der Waals surface area contributed by atoms with E-state index in [4.69, 9.17) is 0 Å². The molecular weight excluding hydrogens is 360 g/mol. The molecule has 0 unspecified atom stereocenters. The lowest BCUT2D eigenvalue weighted by Gasteiger charge is -2.08. The lowest BCUT2D eigenvalue weighted by atomic mass is 10.2. The average Bonchev–Trinajstić information content (AvgIpc) is 2.68. The molecule has 0 bridgehead atoms. The van der Waals surface area contributed by atoms with Gasteiger partial charge in [0.15, 0.2) is 5.82 Å². The van der Waals surface area contributed by atoms with E-state index in [1.165, 1.54) is 6.20 Å². The molecule has 1 N–H and O–H groups in total. The van der Waals surface area contributed by atoms with Crippen LogP contribution in [0.4, 0.5) is 17.2 Å². The van der Waals surface area contributed by atoms with Crippen molar-refractivity contribution in [3.05, 3.63) is 87.1 Å². The van der Waals surface area contributed by atoms with Gasteiger partial charge < -0.3 is 5.32 Å². The molecule has 0 saturated heterocycles. The van der Waals surface area contributed by atoms with Crippen molar-refractivity contribution in [1.29, 1.82) is 0 Å². The maximum atomic E-state index is 12.5. The maximum absolute atomic E-state index is 12.5. The number of hydrogen-bond acceptors (Lipinski definition) is 7. The van der Waals surface area contributed by atoms with Crippen LogP contribution in [0.2, 0.25) is 0 Å². The molecule has 138 valence electrons. The predicted molar refractivity (Wildman–Crippen MR) is 104 cm³/mol. The molecule has 1 aromatic carbocycles. The van der Waals surface area contributed by atoms with E-state index in [9.17, 15) is 14.9 Å². The van der Waals surface area contributed by atoms with Crippen LogP contribution in [0.15, 0.2) is 65.7 Å². The third kappa shape index (κ3) is 3.16. The molecule has 0 amide bonds. The van der Waals surface area contributed by atoms with Crippen LogP contribution in [0.5, 0.6) is 0 Å². The van der Waals surface area contributed by atoms with E-state index in [-0.39, 0.29) is 5.82 Å². The molecule has 0 fully saturated rings. The zero-order valence-corrected chi connectivity index (χ0v) is 14.7. The highest BCUT2D eigenvalue weighted by atomic mass is 16.6. The van der Waals surface area contributed by atoms with Gasteiger partial charge in [-0.05, 0) is 49.4 Å². The van der Waals surface area contributed by atoms with Crippen LogP contribution in [0.3, 0.4) is 0 Å². The molecule has 28 heavy (non-hydrogen) atoms. The van der Waals surface area contributed by atoms with E-state index in [1.54, 1.807) is 48.7 Å². The average molecular weight is 374 g/mol. The molecule has 0 radical (unpaired) electrons. The molecule has 0 atom stereocenters. The van der Waals surface area contributed by atoms with Gasteiger partial charge in [0.1, 0.15) is 5.65 Å². The lowest BCUT2D eigenvalue weighted by Crippen LogP contribution is -2.20. The number of rotatable bonds is 4. The number of nitro groups is 1. The Morgan fingerprint density at radius 3 is 2.57 bits per heavy atom. The Balaban J connectivity index is 1.73. The molecular formula is C19H14N6O3. The summed E-state index contributed by atoms with van der Waals surface area (Å²) in [6.07, 6.45) is 3.12. The smallest absolute Gasteiger partial charge is 0.334 e. The SMILES string of the molecule is Cc1ccnc(-c2ccc(Nc3nc4ccccn4c(=O)c3[N+](=O)[O-])cc2)n1. The monoisotopic (exact) mass is 374 g/mol. The molecule has 0 saturated carbocycles. The highest BCUT2D eigenvalue weighted by Crippen LogP contribution is 2.24. The van der Waals surface area contributed by atoms with Crippen LogP contribution < -0.4 is 10.9 Å². The third-order valence-corrected chi connectivity index (χ3v) is 4.09. The van der Waals surface area contributed by atoms with Crippen molar-refractivity contribution in [2.24, 2.45) is 0 Å². The van der Waals surface area contributed by atoms with Crippen LogP contribution in [0.25, 0.3) is 17.0 Å². The Hall–Kier alpha value is -4.14. The standard InChI is InChI=1S/C19H14N6O3/c1-12-9-10-20-17(21-12)13-5-7-14(8-6-13)22-18-16(25(27)28)19(26)24-11-3-2-4-15(24)23-18/h2-11,22H,1H3. The highest BCUT2D eigenvalue weighted by Gasteiger charge is 2.23. The summed E-state index contributed by atoms with van der Waals surface area (Å²) < 4.78 is 1.14. The van der Waals surface area contributed by atoms with Crippen molar-refractivity contribution >= 4 is 22.8 Å². The van der Waals surface area contributed by atoms with Crippen LogP contribution >= 0.6 is 0 Å². The number of aryl methyl sites for hydroxylation is 1. The molecule has 3 aromatic heterocycles. The quantitative estimate of drug-likeness (QED) is 0.431. The molecule has 4 rings (SSSR count). The first-order chi connectivity index (χ1) is 13.5. The Labute approximate surface area is 158 Å². The normalized spacial score (nSPS) is 10.8. The van der Waals surface area contributed by atoms with Crippen molar-refractivity contribution in [3.8, 4) is 11.4 Å². The first-order valence-corrected chi connectivity index (χ1v) is 8.36. The maximum Gasteiger partial charge on any atom is 0.376 e. The summed E-state index contributed by atoms with van der Waals surface area (Å²) in [6, 6.07) is 13.7. The number of fused-ring (bicyclic) bond motifs is 1. The second-order valence-corrected chi connectivity index (χ2v) is 6.02. The second-order valence-electron chi connectivity index (χ2n) is 6.02. The Morgan fingerprint density at radius 1 is 1.07 bits per heavy atom. The van der Waals surface area contributed by atoms with Crippen molar-refractivity contribution in [3.63, 3.8) is 0 Å². The minimum atomic E-state index is -0.747. The Morgan fingerprint density at radius 2 is 1.86 bits per heavy atom. The van der Waals surface area contributed by atoms with Gasteiger partial charge in [-0.2, -0.15) is 0 Å². The van der Waals surface area contributed by atoms with Crippen molar-refractivity contribution in [1.82, 2.24) is 19.4 Å². The largest absolute Gasteiger partial charge is 0.376 e. The van der Waals surface area contributed by atoms with Crippen LogP contribution in [-0.2, 0) is 0 Å². The van der Waals surface area contributed by atoms with Crippen molar-refractivity contribution < 1.29 is 4.92 Å². The van der Waals surface area contributed by atoms with E-state index in [0.717, 1.165) is 15.7 Å². The van der Waals surface area contributed by atoms with Gasteiger partial charge in [-0.15, -0.1) is 0 Å². The molecule has 9 nitrogen and oxygen atoms in total. The molecule has 3 heterocycles. The molecule has 0 spiro atoms. The topological polar surface area (TPSA) is 115 Å². The fourth-order valence-electron chi connectivity index (χ4n) is 2.76. The summed E-state index contributed by atoms with van der Waals surface area (Å²) in [5, 5.41) is 14.3. The summed E-state index contributed by atoms with van der Waals surface area (Å²) in [5.74, 6) is 0.473. The van der Waals surface area contributed by atoms with E-state index in [0.29, 0.717) is 17.2 Å². The minimum Gasteiger partial charge on any atom is -0.334 e. The third-order valence-electron chi connectivity index (χ3n) is 4.09. The highest BCUT2D eigenvalue weighted by molar-refractivity contribution is 5.69. The van der Waals surface area contributed by atoms with Crippen molar-refractivity contribution in [2.75, 3.05) is 5.32 Å².